The number of aliphatic hydroxyl groups excluding tert-OH is 2. The Bertz CT molecular complexity index is 1490. The lowest BCUT2D eigenvalue weighted by atomic mass is 9.92. The smallest absolute Gasteiger partial charge is 0.380 e. The maximum atomic E-state index is 14.1. The van der Waals surface area contributed by atoms with Gasteiger partial charge in [-0.15, -0.1) is 0 Å². The molecule has 12 nitrogen and oxygen atoms in total. The maximum absolute atomic E-state index is 14.1. The molecule has 42 heavy (non-hydrogen) atoms. The number of hydrogen-bond acceptors (Lipinski definition) is 11. The van der Waals surface area contributed by atoms with Crippen LogP contribution >= 0.6 is 7.60 Å². The molecule has 4 N–H and O–H groups in total. The van der Waals surface area contributed by atoms with E-state index in [-0.39, 0.29) is 23.7 Å². The van der Waals surface area contributed by atoms with Gasteiger partial charge in [0, 0.05) is 6.20 Å². The minimum atomic E-state index is -4.05. The van der Waals surface area contributed by atoms with Crippen LogP contribution in [-0.2, 0) is 29.0 Å². The number of nitrogens with two attached hydrogens (primary N) is 1. The van der Waals surface area contributed by atoms with Gasteiger partial charge < -0.3 is 29.9 Å². The highest BCUT2D eigenvalue weighted by Crippen LogP contribution is 2.51. The second-order valence-electron chi connectivity index (χ2n) is 10.8. The zero-order chi connectivity index (χ0) is 29.9. The summed E-state index contributed by atoms with van der Waals surface area (Å²) in [7, 11) is -4.05. The van der Waals surface area contributed by atoms with Gasteiger partial charge in [-0.3, -0.25) is 9.32 Å². The SMILES string of the molecule is C[C@H](C[P@](=O)(OC[C@H]1O[C@@](C#N)(c2ccc3c(N)ccnn23)[C@H](O)[C@@H]1O)Oc1ccccc1)C(=O)OC1CCCCC1. The summed E-state index contributed by atoms with van der Waals surface area (Å²) in [5, 5.41) is 36.3. The molecule has 3 aromatic rings. The Hall–Kier alpha value is -3.46. The quantitative estimate of drug-likeness (QED) is 0.229. The molecule has 1 saturated carbocycles. The second-order valence-corrected chi connectivity index (χ2v) is 12.9. The van der Waals surface area contributed by atoms with Crippen LogP contribution in [0.2, 0.25) is 0 Å². The van der Waals surface area contributed by atoms with Crippen molar-refractivity contribution in [3.05, 3.63) is 60.4 Å². The number of nitriles is 1. The van der Waals surface area contributed by atoms with Crippen molar-refractivity contribution >= 4 is 24.8 Å². The molecular weight excluding hydrogens is 563 g/mol. The first-order valence-corrected chi connectivity index (χ1v) is 15.8. The molecule has 0 radical (unpaired) electrons. The number of ether oxygens (including phenoxy) is 2. The first-order chi connectivity index (χ1) is 20.2. The van der Waals surface area contributed by atoms with Crippen LogP contribution in [0.4, 0.5) is 5.69 Å². The lowest BCUT2D eigenvalue weighted by Gasteiger charge is -2.26. The van der Waals surface area contributed by atoms with Crippen LogP contribution < -0.4 is 10.3 Å². The molecule has 2 aliphatic rings. The summed E-state index contributed by atoms with van der Waals surface area (Å²) in [5.41, 5.74) is 5.03. The normalized spacial score (nSPS) is 26.8. The van der Waals surface area contributed by atoms with E-state index < -0.39 is 50.0 Å². The number of esters is 1. The number of aromatic nitrogens is 2. The molecule has 2 aromatic heterocycles. The van der Waals surface area contributed by atoms with Gasteiger partial charge in [-0.05, 0) is 56.0 Å². The molecule has 6 atom stereocenters. The van der Waals surface area contributed by atoms with Crippen molar-refractivity contribution in [2.24, 2.45) is 5.92 Å². The predicted octanol–water partition coefficient (Wildman–Crippen LogP) is 3.56. The molecule has 2 fully saturated rings. The average molecular weight is 599 g/mol. The van der Waals surface area contributed by atoms with Crippen molar-refractivity contribution < 1.29 is 38.1 Å². The van der Waals surface area contributed by atoms with Crippen molar-refractivity contribution in [3.8, 4) is 11.8 Å². The monoisotopic (exact) mass is 598 g/mol. The summed E-state index contributed by atoms with van der Waals surface area (Å²) in [6, 6.07) is 15.1. The van der Waals surface area contributed by atoms with Crippen LogP contribution in [0, 0.1) is 17.2 Å². The van der Waals surface area contributed by atoms with Crippen LogP contribution in [0.1, 0.15) is 44.7 Å². The zero-order valence-corrected chi connectivity index (χ0v) is 24.1. The molecule has 0 unspecified atom stereocenters. The second kappa shape index (κ2) is 12.4. The number of hydrogen-bond donors (Lipinski definition) is 3. The van der Waals surface area contributed by atoms with E-state index >= 15 is 0 Å². The van der Waals surface area contributed by atoms with E-state index in [0.717, 1.165) is 32.1 Å². The molecular formula is C29H35N4O8P. The van der Waals surface area contributed by atoms with Gasteiger partial charge in [0.25, 0.3) is 0 Å². The lowest BCUT2D eigenvalue weighted by Crippen LogP contribution is -2.41. The summed E-state index contributed by atoms with van der Waals surface area (Å²) >= 11 is 0. The van der Waals surface area contributed by atoms with E-state index in [1.807, 2.05) is 6.07 Å². The molecule has 1 aliphatic carbocycles. The van der Waals surface area contributed by atoms with Crippen molar-refractivity contribution in [1.29, 1.82) is 5.26 Å². The van der Waals surface area contributed by atoms with Crippen LogP contribution in [0.5, 0.6) is 5.75 Å². The summed E-state index contributed by atoms with van der Waals surface area (Å²) in [4.78, 5) is 12.9. The van der Waals surface area contributed by atoms with E-state index in [9.17, 15) is 24.8 Å². The molecule has 1 aliphatic heterocycles. The third-order valence-corrected chi connectivity index (χ3v) is 9.78. The first-order valence-electron chi connectivity index (χ1n) is 14.0. The highest BCUT2D eigenvalue weighted by atomic mass is 31.2. The fourth-order valence-corrected chi connectivity index (χ4v) is 7.32. The van der Waals surface area contributed by atoms with E-state index in [1.54, 1.807) is 49.4 Å². The fraction of sp³-hybridized carbons (Fsp3) is 0.483. The maximum Gasteiger partial charge on any atom is 0.380 e. The van der Waals surface area contributed by atoms with Gasteiger partial charge in [0.2, 0.25) is 5.60 Å². The average Bonchev–Trinajstić information content (AvgIpc) is 3.53. The Balaban J connectivity index is 1.34. The van der Waals surface area contributed by atoms with Crippen LogP contribution in [0.25, 0.3) is 5.52 Å². The van der Waals surface area contributed by atoms with E-state index in [4.69, 9.17) is 24.3 Å². The van der Waals surface area contributed by atoms with E-state index in [2.05, 4.69) is 5.10 Å². The number of fused-ring (bicyclic) bond motifs is 1. The number of nitrogens with zero attached hydrogens (tertiary/aromatic N) is 3. The lowest BCUT2D eigenvalue weighted by molar-refractivity contribution is -0.154. The van der Waals surface area contributed by atoms with Crippen molar-refractivity contribution in [2.75, 3.05) is 18.5 Å². The van der Waals surface area contributed by atoms with Gasteiger partial charge in [-0.25, -0.2) is 9.08 Å². The number of carbonyl (C=O) groups excluding carboxylic acids is 1. The number of para-hydroxylation sites is 1. The zero-order valence-electron chi connectivity index (χ0n) is 23.2. The molecule has 13 heteroatoms. The van der Waals surface area contributed by atoms with Gasteiger partial charge in [0.1, 0.15) is 36.2 Å². The van der Waals surface area contributed by atoms with Gasteiger partial charge in [-0.2, -0.15) is 10.4 Å². The number of benzene rings is 1. The molecule has 1 aromatic carbocycles. The molecule has 224 valence electrons. The number of anilines is 1. The Labute approximate surface area is 243 Å². The Morgan fingerprint density at radius 3 is 2.67 bits per heavy atom. The summed E-state index contributed by atoms with van der Waals surface area (Å²) in [5.74, 6) is -1.05. The molecule has 0 spiro atoms. The predicted molar refractivity (Wildman–Crippen MR) is 151 cm³/mol. The Kier molecular flexibility index (Phi) is 8.87. The molecule has 0 bridgehead atoms. The number of aliphatic hydroxyl groups is 2. The Morgan fingerprint density at radius 1 is 1.21 bits per heavy atom. The van der Waals surface area contributed by atoms with Gasteiger partial charge in [0.15, 0.2) is 0 Å². The summed E-state index contributed by atoms with van der Waals surface area (Å²) in [6.07, 6.45) is 1.11. The number of nitrogen functional groups attached to an aromatic ring is 1. The van der Waals surface area contributed by atoms with Crippen LogP contribution in [-0.4, -0.2) is 63.0 Å². The van der Waals surface area contributed by atoms with Crippen LogP contribution in [0.15, 0.2) is 54.7 Å². The highest BCUT2D eigenvalue weighted by molar-refractivity contribution is 7.54. The highest BCUT2D eigenvalue weighted by Gasteiger charge is 2.58. The first kappa shape index (κ1) is 30.0. The van der Waals surface area contributed by atoms with Gasteiger partial charge in [-0.1, -0.05) is 31.5 Å². The van der Waals surface area contributed by atoms with Gasteiger partial charge >= 0.3 is 13.6 Å². The van der Waals surface area contributed by atoms with Crippen LogP contribution in [0.3, 0.4) is 0 Å². The third-order valence-electron chi connectivity index (χ3n) is 7.75. The van der Waals surface area contributed by atoms with Gasteiger partial charge in [0.05, 0.1) is 35.6 Å². The fourth-order valence-electron chi connectivity index (χ4n) is 5.45. The number of carbonyl (C=O) groups is 1. The van der Waals surface area contributed by atoms with E-state index in [1.165, 1.54) is 16.8 Å². The summed E-state index contributed by atoms with van der Waals surface area (Å²) in [6.45, 7) is 1.09. The number of rotatable bonds is 10. The molecule has 3 heterocycles. The summed E-state index contributed by atoms with van der Waals surface area (Å²) < 4.78 is 38.6. The molecule has 5 rings (SSSR count). The molecule has 0 amide bonds. The van der Waals surface area contributed by atoms with E-state index in [0.29, 0.717) is 11.2 Å². The van der Waals surface area contributed by atoms with Crippen molar-refractivity contribution in [2.45, 2.75) is 69.0 Å². The molecule has 1 saturated heterocycles. The van der Waals surface area contributed by atoms with Crippen molar-refractivity contribution in [1.82, 2.24) is 9.61 Å². The minimum absolute atomic E-state index is 0.157. The third kappa shape index (κ3) is 6.02. The topological polar surface area (TPSA) is 179 Å². The standard InChI is InChI=1S/C29H35N4O8P/c1-19(28(36)39-20-8-4-2-5-9-20)17-42(37,41-21-10-6-3-7-11-21)38-16-24-26(34)27(35)29(18-30,40-24)25-13-12-23-22(31)14-15-32-33(23)25/h3,6-7,10-15,19-20,24,26-27,34-35H,2,4-5,8-9,16-17,31H2,1H3/t19-,24-,26-,27-,29+,42+/m1/s1. The minimum Gasteiger partial charge on any atom is -0.462 e. The van der Waals surface area contributed by atoms with Crippen molar-refractivity contribution in [3.63, 3.8) is 0 Å². The largest absolute Gasteiger partial charge is 0.462 e. The Morgan fingerprint density at radius 2 is 1.95 bits per heavy atom.